The zero-order valence-electron chi connectivity index (χ0n) is 11.3. The number of carboxylic acids is 1. The highest BCUT2D eigenvalue weighted by Gasteiger charge is 2.18. The first kappa shape index (κ1) is 14.7. The minimum Gasteiger partial charge on any atom is -0.478 e. The van der Waals surface area contributed by atoms with Gasteiger partial charge in [0.15, 0.2) is 0 Å². The molecule has 1 aliphatic heterocycles. The Balaban J connectivity index is 2.02. The SMILES string of the molecule is CN1CCC(CNc2cc(C(=O)O)c(F)cc2F)CC1. The highest BCUT2D eigenvalue weighted by atomic mass is 19.1. The lowest BCUT2D eigenvalue weighted by atomic mass is 9.97. The molecule has 6 heteroatoms. The summed E-state index contributed by atoms with van der Waals surface area (Å²) >= 11 is 0. The average molecular weight is 284 g/mol. The van der Waals surface area contributed by atoms with Crippen molar-refractivity contribution in [2.75, 3.05) is 32.0 Å². The van der Waals surface area contributed by atoms with Crippen LogP contribution >= 0.6 is 0 Å². The van der Waals surface area contributed by atoms with Gasteiger partial charge in [-0.3, -0.25) is 0 Å². The van der Waals surface area contributed by atoms with Gasteiger partial charge in [0.25, 0.3) is 0 Å². The molecule has 0 amide bonds. The highest BCUT2D eigenvalue weighted by molar-refractivity contribution is 5.89. The van der Waals surface area contributed by atoms with Crippen molar-refractivity contribution < 1.29 is 18.7 Å². The van der Waals surface area contributed by atoms with Gasteiger partial charge in [0.2, 0.25) is 0 Å². The maximum atomic E-state index is 13.6. The van der Waals surface area contributed by atoms with Crippen molar-refractivity contribution in [1.29, 1.82) is 0 Å². The standard InChI is InChI=1S/C14H18F2N2O2/c1-18-4-2-9(3-5-18)8-17-13-6-10(14(19)20)11(15)7-12(13)16/h6-7,9,17H,2-5,8H2,1H3,(H,19,20). The van der Waals surface area contributed by atoms with Crippen LogP contribution in [0.5, 0.6) is 0 Å². The molecule has 0 unspecified atom stereocenters. The lowest BCUT2D eigenvalue weighted by Gasteiger charge is -2.29. The second-order valence-electron chi connectivity index (χ2n) is 5.24. The molecular weight excluding hydrogens is 266 g/mol. The third-order valence-corrected chi connectivity index (χ3v) is 3.71. The summed E-state index contributed by atoms with van der Waals surface area (Å²) in [7, 11) is 2.06. The summed E-state index contributed by atoms with van der Waals surface area (Å²) < 4.78 is 26.9. The Kier molecular flexibility index (Phi) is 4.54. The van der Waals surface area contributed by atoms with Crippen molar-refractivity contribution in [3.63, 3.8) is 0 Å². The van der Waals surface area contributed by atoms with E-state index in [-0.39, 0.29) is 5.69 Å². The molecule has 0 spiro atoms. The minimum atomic E-state index is -1.40. The quantitative estimate of drug-likeness (QED) is 0.891. The van der Waals surface area contributed by atoms with Crippen LogP contribution in [-0.2, 0) is 0 Å². The van der Waals surface area contributed by atoms with Crippen LogP contribution in [0, 0.1) is 17.6 Å². The van der Waals surface area contributed by atoms with Crippen LogP contribution in [0.1, 0.15) is 23.2 Å². The predicted molar refractivity (Wildman–Crippen MR) is 72.0 cm³/mol. The molecule has 0 radical (unpaired) electrons. The van der Waals surface area contributed by atoms with E-state index in [2.05, 4.69) is 17.3 Å². The number of piperidine rings is 1. The van der Waals surface area contributed by atoms with Gasteiger partial charge in [-0.25, -0.2) is 13.6 Å². The van der Waals surface area contributed by atoms with Gasteiger partial charge >= 0.3 is 5.97 Å². The van der Waals surface area contributed by atoms with Gasteiger partial charge < -0.3 is 15.3 Å². The summed E-state index contributed by atoms with van der Waals surface area (Å²) in [6.45, 7) is 2.56. The Hall–Kier alpha value is -1.69. The maximum absolute atomic E-state index is 13.6. The first-order valence-electron chi connectivity index (χ1n) is 6.62. The molecule has 1 aromatic carbocycles. The van der Waals surface area contributed by atoms with Gasteiger partial charge in [0, 0.05) is 12.6 Å². The van der Waals surface area contributed by atoms with Crippen molar-refractivity contribution in [3.8, 4) is 0 Å². The van der Waals surface area contributed by atoms with E-state index in [1.165, 1.54) is 0 Å². The highest BCUT2D eigenvalue weighted by Crippen LogP contribution is 2.22. The Morgan fingerprint density at radius 1 is 1.35 bits per heavy atom. The number of carbonyl (C=O) groups is 1. The summed E-state index contributed by atoms with van der Waals surface area (Å²) in [5.41, 5.74) is -0.472. The molecule has 0 saturated carbocycles. The summed E-state index contributed by atoms with van der Waals surface area (Å²) in [6, 6.07) is 1.63. The van der Waals surface area contributed by atoms with E-state index in [9.17, 15) is 13.6 Å². The first-order valence-corrected chi connectivity index (χ1v) is 6.62. The molecular formula is C14H18F2N2O2. The van der Waals surface area contributed by atoms with Crippen LogP contribution < -0.4 is 5.32 Å². The summed E-state index contributed by atoms with van der Waals surface area (Å²) in [5, 5.41) is 11.7. The molecule has 1 aromatic rings. The second-order valence-corrected chi connectivity index (χ2v) is 5.24. The van der Waals surface area contributed by atoms with E-state index < -0.39 is 23.2 Å². The van der Waals surface area contributed by atoms with Crippen LogP contribution in [0.15, 0.2) is 12.1 Å². The molecule has 20 heavy (non-hydrogen) atoms. The van der Waals surface area contributed by atoms with Crippen LogP contribution in [0.3, 0.4) is 0 Å². The van der Waals surface area contributed by atoms with Crippen molar-refractivity contribution in [2.45, 2.75) is 12.8 Å². The fourth-order valence-corrected chi connectivity index (χ4v) is 2.37. The zero-order chi connectivity index (χ0) is 14.7. The minimum absolute atomic E-state index is 0.0442. The van der Waals surface area contributed by atoms with E-state index in [0.29, 0.717) is 18.5 Å². The topological polar surface area (TPSA) is 52.6 Å². The number of halogens is 2. The summed E-state index contributed by atoms with van der Waals surface area (Å²) in [5.74, 6) is -2.80. The number of rotatable bonds is 4. The maximum Gasteiger partial charge on any atom is 0.338 e. The van der Waals surface area contributed by atoms with E-state index in [0.717, 1.165) is 32.0 Å². The molecule has 1 heterocycles. The van der Waals surface area contributed by atoms with Gasteiger partial charge in [-0.2, -0.15) is 0 Å². The van der Waals surface area contributed by atoms with Crippen molar-refractivity contribution >= 4 is 11.7 Å². The van der Waals surface area contributed by atoms with Crippen molar-refractivity contribution in [2.24, 2.45) is 5.92 Å². The molecule has 0 atom stereocenters. The Morgan fingerprint density at radius 2 is 2.00 bits per heavy atom. The van der Waals surface area contributed by atoms with Crippen molar-refractivity contribution in [3.05, 3.63) is 29.3 Å². The molecule has 1 fully saturated rings. The number of benzene rings is 1. The van der Waals surface area contributed by atoms with E-state index in [1.807, 2.05) is 0 Å². The molecule has 2 rings (SSSR count). The normalized spacial score (nSPS) is 17.1. The van der Waals surface area contributed by atoms with Gasteiger partial charge in [0.05, 0.1) is 11.3 Å². The van der Waals surface area contributed by atoms with E-state index in [4.69, 9.17) is 5.11 Å². The lowest BCUT2D eigenvalue weighted by Crippen LogP contribution is -2.33. The molecule has 4 nitrogen and oxygen atoms in total. The Bertz CT molecular complexity index is 500. The number of aromatic carboxylic acids is 1. The van der Waals surface area contributed by atoms with Gasteiger partial charge in [-0.05, 0) is 45.0 Å². The molecule has 2 N–H and O–H groups in total. The molecule has 0 aromatic heterocycles. The number of anilines is 1. The van der Waals surface area contributed by atoms with Crippen molar-refractivity contribution in [1.82, 2.24) is 4.90 Å². The molecule has 110 valence electrons. The number of likely N-dealkylation sites (tertiary alicyclic amines) is 1. The van der Waals surface area contributed by atoms with Crippen LogP contribution in [0.25, 0.3) is 0 Å². The fraction of sp³-hybridized carbons (Fsp3) is 0.500. The first-order chi connectivity index (χ1) is 9.47. The van der Waals surface area contributed by atoms with Crippen LogP contribution in [0.2, 0.25) is 0 Å². The average Bonchev–Trinajstić information content (AvgIpc) is 2.39. The van der Waals surface area contributed by atoms with Crippen LogP contribution in [-0.4, -0.2) is 42.7 Å². The third-order valence-electron chi connectivity index (χ3n) is 3.71. The van der Waals surface area contributed by atoms with Gasteiger partial charge in [-0.15, -0.1) is 0 Å². The summed E-state index contributed by atoms with van der Waals surface area (Å²) in [4.78, 5) is 13.1. The third kappa shape index (κ3) is 3.45. The number of carboxylic acid groups (broad SMARTS) is 1. The summed E-state index contributed by atoms with van der Waals surface area (Å²) in [6.07, 6.45) is 2.02. The number of hydrogen-bond acceptors (Lipinski definition) is 3. The zero-order valence-corrected chi connectivity index (χ0v) is 11.3. The monoisotopic (exact) mass is 284 g/mol. The molecule has 1 saturated heterocycles. The largest absolute Gasteiger partial charge is 0.478 e. The van der Waals surface area contributed by atoms with Crippen LogP contribution in [0.4, 0.5) is 14.5 Å². The van der Waals surface area contributed by atoms with E-state index >= 15 is 0 Å². The molecule has 1 aliphatic rings. The number of hydrogen-bond donors (Lipinski definition) is 2. The van der Waals surface area contributed by atoms with Gasteiger partial charge in [0.1, 0.15) is 11.6 Å². The fourth-order valence-electron chi connectivity index (χ4n) is 2.37. The second kappa shape index (κ2) is 6.17. The van der Waals surface area contributed by atoms with Gasteiger partial charge in [-0.1, -0.05) is 0 Å². The predicted octanol–water partition coefficient (Wildman–Crippen LogP) is 2.42. The Labute approximate surface area is 116 Å². The number of nitrogens with one attached hydrogen (secondary N) is 1. The molecule has 0 aliphatic carbocycles. The Morgan fingerprint density at radius 3 is 2.60 bits per heavy atom. The lowest BCUT2D eigenvalue weighted by molar-refractivity contribution is 0.0692. The smallest absolute Gasteiger partial charge is 0.338 e. The van der Waals surface area contributed by atoms with E-state index in [1.54, 1.807) is 0 Å². The molecule has 0 bridgehead atoms. The number of nitrogens with zero attached hydrogens (tertiary/aromatic N) is 1.